The van der Waals surface area contributed by atoms with Crippen LogP contribution in [0.3, 0.4) is 0 Å². The van der Waals surface area contributed by atoms with Gasteiger partial charge in [0.05, 0.1) is 0 Å². The molecule has 0 unspecified atom stereocenters. The third-order valence-electron chi connectivity index (χ3n) is 12.0. The fraction of sp³-hybridized carbons (Fsp3) is 1.00. The van der Waals surface area contributed by atoms with Crippen molar-refractivity contribution in [3.8, 4) is 0 Å². The maximum absolute atomic E-state index is 2.98. The molecule has 0 N–H and O–H groups in total. The molecule has 4 saturated carbocycles. The molecule has 0 nitrogen and oxygen atoms in total. The van der Waals surface area contributed by atoms with E-state index in [4.69, 9.17) is 0 Å². The average molecular weight is 469 g/mol. The standard InChI is InChI=1S/C29H58P2/c1-30(26-16-8-4-9-17-26,27-18-10-5-11-19-27)24-25-31(2,3,28-20-12-6-13-21-28)29-22-14-7-15-23-29/h26-30H,4-25H2,1-3H3. The molecule has 0 saturated heterocycles. The molecule has 0 atom stereocenters. The second-order valence-electron chi connectivity index (χ2n) is 13.9. The molecular weight excluding hydrogens is 410 g/mol. The van der Waals surface area contributed by atoms with Crippen LogP contribution in [-0.4, -0.2) is 55.0 Å². The first-order chi connectivity index (χ1) is 14.9. The molecule has 0 heterocycles. The van der Waals surface area contributed by atoms with Gasteiger partial charge in [-0.05, 0) is 0 Å². The normalized spacial score (nSPS) is 28.8. The Bertz CT molecular complexity index is 503. The number of hydrogen-bond acceptors (Lipinski definition) is 0. The molecule has 2 heteroatoms. The van der Waals surface area contributed by atoms with E-state index in [1.54, 1.807) is 115 Å². The predicted octanol–water partition coefficient (Wildman–Crippen LogP) is 9.51. The van der Waals surface area contributed by atoms with E-state index in [9.17, 15) is 0 Å². The molecule has 0 aromatic rings. The van der Waals surface area contributed by atoms with Gasteiger partial charge in [-0.1, -0.05) is 0 Å². The first kappa shape index (κ1) is 25.0. The van der Waals surface area contributed by atoms with Gasteiger partial charge in [0.15, 0.2) is 0 Å². The SMILES string of the molecule is C[PH](CCP(C)(C)(C1CCCCC1)C1CCCCC1)(C1CCCCC1)C1CCCCC1. The first-order valence-corrected chi connectivity index (χ1v) is 21.2. The molecule has 0 aromatic heterocycles. The monoisotopic (exact) mass is 468 g/mol. The molecule has 184 valence electrons. The van der Waals surface area contributed by atoms with Gasteiger partial charge in [0.2, 0.25) is 0 Å². The van der Waals surface area contributed by atoms with Crippen molar-refractivity contribution >= 4 is 13.9 Å². The van der Waals surface area contributed by atoms with Crippen LogP contribution in [0.5, 0.6) is 0 Å². The van der Waals surface area contributed by atoms with E-state index >= 15 is 0 Å². The topological polar surface area (TPSA) is 0 Å². The molecule has 4 fully saturated rings. The van der Waals surface area contributed by atoms with Crippen LogP contribution in [0.25, 0.3) is 0 Å². The van der Waals surface area contributed by atoms with E-state index in [1.165, 1.54) is 37.0 Å². The molecule has 0 aromatic carbocycles. The van der Waals surface area contributed by atoms with Gasteiger partial charge in [0, 0.05) is 0 Å². The Hall–Kier alpha value is 0.860. The molecule has 0 radical (unpaired) electrons. The van der Waals surface area contributed by atoms with E-state index < -0.39 is 13.9 Å². The van der Waals surface area contributed by atoms with E-state index in [2.05, 4.69) is 20.0 Å². The van der Waals surface area contributed by atoms with Gasteiger partial charge in [-0.15, -0.1) is 0 Å². The van der Waals surface area contributed by atoms with Crippen molar-refractivity contribution in [3.05, 3.63) is 0 Å². The van der Waals surface area contributed by atoms with Crippen LogP contribution in [0, 0.1) is 0 Å². The minimum absolute atomic E-state index is 1.14. The van der Waals surface area contributed by atoms with Crippen molar-refractivity contribution in [3.63, 3.8) is 0 Å². The van der Waals surface area contributed by atoms with Crippen LogP contribution in [-0.2, 0) is 0 Å². The maximum atomic E-state index is 2.98. The Morgan fingerprint density at radius 1 is 0.516 bits per heavy atom. The zero-order valence-electron chi connectivity index (χ0n) is 21.8. The molecule has 4 aliphatic carbocycles. The second kappa shape index (κ2) is 10.6. The Balaban J connectivity index is 1.59. The van der Waals surface area contributed by atoms with Crippen LogP contribution in [0.4, 0.5) is 0 Å². The average Bonchev–Trinajstić information content (AvgIpc) is 2.85. The quantitative estimate of drug-likeness (QED) is 0.326. The third-order valence-corrected chi connectivity index (χ3v) is 26.1. The van der Waals surface area contributed by atoms with Crippen LogP contribution >= 0.6 is 13.9 Å². The minimum atomic E-state index is -1.65. The number of hydrogen-bond donors (Lipinski definition) is 0. The van der Waals surface area contributed by atoms with E-state index in [-0.39, 0.29) is 0 Å². The van der Waals surface area contributed by atoms with Crippen LogP contribution < -0.4 is 0 Å². The summed E-state index contributed by atoms with van der Waals surface area (Å²) in [5, 5.41) is 0. The summed E-state index contributed by atoms with van der Waals surface area (Å²) >= 11 is 0. The van der Waals surface area contributed by atoms with E-state index in [1.807, 2.05) is 0 Å². The van der Waals surface area contributed by atoms with Gasteiger partial charge in [0.1, 0.15) is 0 Å². The van der Waals surface area contributed by atoms with Crippen molar-refractivity contribution in [1.29, 1.82) is 0 Å². The Morgan fingerprint density at radius 3 is 1.19 bits per heavy atom. The summed E-state index contributed by atoms with van der Waals surface area (Å²) in [6, 6.07) is 0. The molecule has 4 aliphatic rings. The molecule has 0 spiro atoms. The first-order valence-electron chi connectivity index (χ1n) is 14.9. The van der Waals surface area contributed by atoms with Crippen molar-refractivity contribution < 1.29 is 0 Å². The van der Waals surface area contributed by atoms with Crippen molar-refractivity contribution in [2.45, 2.75) is 151 Å². The van der Waals surface area contributed by atoms with E-state index in [0.29, 0.717) is 0 Å². The van der Waals surface area contributed by atoms with E-state index in [0.717, 1.165) is 11.3 Å². The number of rotatable bonds is 7. The zero-order chi connectivity index (χ0) is 21.8. The van der Waals surface area contributed by atoms with Gasteiger partial charge in [-0.2, -0.15) is 0 Å². The fourth-order valence-corrected chi connectivity index (χ4v) is 24.5. The van der Waals surface area contributed by atoms with Crippen molar-refractivity contribution in [2.75, 3.05) is 32.3 Å². The zero-order valence-corrected chi connectivity index (χ0v) is 23.7. The van der Waals surface area contributed by atoms with Gasteiger partial charge in [-0.3, -0.25) is 0 Å². The summed E-state index contributed by atoms with van der Waals surface area (Å²) in [6.07, 6.45) is 35.0. The molecule has 0 aliphatic heterocycles. The Kier molecular flexibility index (Phi) is 8.57. The summed E-state index contributed by atoms with van der Waals surface area (Å²) in [5.74, 6) is 0. The molecule has 31 heavy (non-hydrogen) atoms. The summed E-state index contributed by atoms with van der Waals surface area (Å²) in [6.45, 7) is 7.28. The summed E-state index contributed by atoms with van der Waals surface area (Å²) in [5.41, 5.74) is 4.64. The van der Waals surface area contributed by atoms with Crippen LogP contribution in [0.15, 0.2) is 0 Å². The predicted molar refractivity (Wildman–Crippen MR) is 150 cm³/mol. The molecule has 0 amide bonds. The van der Waals surface area contributed by atoms with Crippen LogP contribution in [0.2, 0.25) is 0 Å². The van der Waals surface area contributed by atoms with Gasteiger partial charge in [0.25, 0.3) is 0 Å². The van der Waals surface area contributed by atoms with Gasteiger partial charge in [-0.25, -0.2) is 0 Å². The summed E-state index contributed by atoms with van der Waals surface area (Å²) < 4.78 is 0. The van der Waals surface area contributed by atoms with Gasteiger partial charge < -0.3 is 0 Å². The molecular formula is C29H58P2. The Labute approximate surface area is 197 Å². The fourth-order valence-electron chi connectivity index (χ4n) is 9.38. The molecule has 4 rings (SSSR count). The van der Waals surface area contributed by atoms with Crippen molar-refractivity contribution in [1.82, 2.24) is 0 Å². The van der Waals surface area contributed by atoms with Gasteiger partial charge >= 0.3 is 197 Å². The van der Waals surface area contributed by atoms with Crippen molar-refractivity contribution in [2.24, 2.45) is 0 Å². The third kappa shape index (κ3) is 5.42. The molecule has 0 bridgehead atoms. The second-order valence-corrected chi connectivity index (χ2v) is 26.2. The summed E-state index contributed by atoms with van der Waals surface area (Å²) in [7, 11) is -1.20. The van der Waals surface area contributed by atoms with Crippen LogP contribution in [0.1, 0.15) is 128 Å². The summed E-state index contributed by atoms with van der Waals surface area (Å²) in [4.78, 5) is 0. The Morgan fingerprint density at radius 2 is 0.839 bits per heavy atom.